The lowest BCUT2D eigenvalue weighted by Crippen LogP contribution is -2.47. The molecule has 0 atom stereocenters. The smallest absolute Gasteiger partial charge is 0.292 e. The molecule has 114 valence electrons. The minimum Gasteiger partial charge on any atom is -0.378 e. The topological polar surface area (TPSA) is 125 Å². The Labute approximate surface area is 123 Å². The van der Waals surface area contributed by atoms with E-state index in [9.17, 15) is 18.5 Å². The summed E-state index contributed by atoms with van der Waals surface area (Å²) in [4.78, 5) is 10.4. The molecule has 0 aliphatic heterocycles. The van der Waals surface area contributed by atoms with Crippen molar-refractivity contribution in [2.75, 3.05) is 18.1 Å². The number of anilines is 1. The van der Waals surface area contributed by atoms with E-state index in [4.69, 9.17) is 5.26 Å². The zero-order chi connectivity index (χ0) is 16.3. The first-order chi connectivity index (χ1) is 9.54. The van der Waals surface area contributed by atoms with E-state index in [-0.39, 0.29) is 23.5 Å². The van der Waals surface area contributed by atoms with Crippen LogP contribution in [0.2, 0.25) is 0 Å². The van der Waals surface area contributed by atoms with Crippen LogP contribution in [0.3, 0.4) is 0 Å². The largest absolute Gasteiger partial charge is 0.378 e. The molecule has 0 bridgehead atoms. The highest BCUT2D eigenvalue weighted by molar-refractivity contribution is 7.88. The molecular formula is C12H16N4O4S. The molecule has 1 rings (SSSR count). The van der Waals surface area contributed by atoms with Gasteiger partial charge in [-0.25, -0.2) is 13.1 Å². The Hall–Kier alpha value is -2.18. The highest BCUT2D eigenvalue weighted by Crippen LogP contribution is 2.25. The lowest BCUT2D eigenvalue weighted by Gasteiger charge is -2.25. The maximum absolute atomic E-state index is 11.2. The second-order valence-electron chi connectivity index (χ2n) is 5.21. The first kappa shape index (κ1) is 16.9. The zero-order valence-electron chi connectivity index (χ0n) is 11.9. The maximum atomic E-state index is 11.2. The summed E-state index contributed by atoms with van der Waals surface area (Å²) in [5.41, 5.74) is -0.576. The van der Waals surface area contributed by atoms with Gasteiger partial charge < -0.3 is 5.32 Å². The Morgan fingerprint density at radius 3 is 2.52 bits per heavy atom. The van der Waals surface area contributed by atoms with Crippen LogP contribution >= 0.6 is 0 Å². The Balaban J connectivity index is 2.97. The molecule has 9 heteroatoms. The maximum Gasteiger partial charge on any atom is 0.292 e. The van der Waals surface area contributed by atoms with Gasteiger partial charge in [0.2, 0.25) is 10.0 Å². The van der Waals surface area contributed by atoms with E-state index in [2.05, 4.69) is 10.0 Å². The van der Waals surface area contributed by atoms with Crippen LogP contribution in [0, 0.1) is 21.4 Å². The molecule has 0 amide bonds. The summed E-state index contributed by atoms with van der Waals surface area (Å²) in [5, 5.41) is 22.6. The van der Waals surface area contributed by atoms with E-state index in [0.29, 0.717) is 0 Å². The second-order valence-corrected chi connectivity index (χ2v) is 6.96. The van der Waals surface area contributed by atoms with Crippen molar-refractivity contribution >= 4 is 21.4 Å². The first-order valence-corrected chi connectivity index (χ1v) is 7.84. The molecule has 0 aliphatic carbocycles. The third kappa shape index (κ3) is 5.37. The van der Waals surface area contributed by atoms with E-state index in [1.54, 1.807) is 13.8 Å². The molecule has 21 heavy (non-hydrogen) atoms. The van der Waals surface area contributed by atoms with Crippen LogP contribution in [-0.4, -0.2) is 31.7 Å². The number of sulfonamides is 1. The van der Waals surface area contributed by atoms with Crippen LogP contribution < -0.4 is 10.0 Å². The van der Waals surface area contributed by atoms with Gasteiger partial charge in [-0.3, -0.25) is 10.1 Å². The van der Waals surface area contributed by atoms with Crippen LogP contribution in [0.25, 0.3) is 0 Å². The minimum atomic E-state index is -3.40. The summed E-state index contributed by atoms with van der Waals surface area (Å²) in [6, 6.07) is 5.84. The fourth-order valence-electron chi connectivity index (χ4n) is 1.76. The van der Waals surface area contributed by atoms with E-state index in [1.165, 1.54) is 18.2 Å². The van der Waals surface area contributed by atoms with Gasteiger partial charge in [0.1, 0.15) is 5.69 Å². The van der Waals surface area contributed by atoms with Crippen LogP contribution in [-0.2, 0) is 10.0 Å². The Kier molecular flexibility index (Phi) is 4.88. The molecule has 1 aromatic carbocycles. The van der Waals surface area contributed by atoms with Crippen molar-refractivity contribution in [3.8, 4) is 6.07 Å². The summed E-state index contributed by atoms with van der Waals surface area (Å²) in [5.74, 6) is 0. The zero-order valence-corrected chi connectivity index (χ0v) is 12.7. The normalized spacial score (nSPS) is 11.7. The van der Waals surface area contributed by atoms with Gasteiger partial charge in [-0.15, -0.1) is 0 Å². The van der Waals surface area contributed by atoms with Crippen molar-refractivity contribution < 1.29 is 13.3 Å². The molecule has 0 radical (unpaired) electrons. The predicted octanol–water partition coefficient (Wildman–Crippen LogP) is 1.21. The van der Waals surface area contributed by atoms with Crippen molar-refractivity contribution in [2.45, 2.75) is 19.4 Å². The van der Waals surface area contributed by atoms with Crippen molar-refractivity contribution in [3.63, 3.8) is 0 Å². The number of nitro benzene ring substituents is 1. The summed E-state index contributed by atoms with van der Waals surface area (Å²) in [7, 11) is -3.40. The van der Waals surface area contributed by atoms with Crippen molar-refractivity contribution in [1.82, 2.24) is 4.72 Å². The number of rotatable bonds is 6. The van der Waals surface area contributed by atoms with Crippen molar-refractivity contribution in [2.24, 2.45) is 0 Å². The molecule has 0 saturated carbocycles. The van der Waals surface area contributed by atoms with Gasteiger partial charge in [0.15, 0.2) is 0 Å². The van der Waals surface area contributed by atoms with Crippen LogP contribution in [0.15, 0.2) is 18.2 Å². The van der Waals surface area contributed by atoms with Gasteiger partial charge in [0.05, 0.1) is 22.8 Å². The van der Waals surface area contributed by atoms with E-state index < -0.39 is 20.5 Å². The molecule has 0 heterocycles. The number of hydrogen-bond acceptors (Lipinski definition) is 6. The Bertz CT molecular complexity index is 692. The number of benzene rings is 1. The number of hydrogen-bond donors (Lipinski definition) is 2. The van der Waals surface area contributed by atoms with Gasteiger partial charge in [-0.05, 0) is 26.0 Å². The van der Waals surface area contributed by atoms with Crippen LogP contribution in [0.1, 0.15) is 19.4 Å². The lowest BCUT2D eigenvalue weighted by molar-refractivity contribution is -0.384. The highest BCUT2D eigenvalue weighted by Gasteiger charge is 2.23. The minimum absolute atomic E-state index is 0.121. The molecule has 0 aliphatic rings. The SMILES string of the molecule is CC(C)(CNc1cc(C#N)ccc1[N+](=O)[O-])NS(C)(=O)=O. The molecular weight excluding hydrogens is 296 g/mol. The number of nitro groups is 1. The van der Waals surface area contributed by atoms with E-state index >= 15 is 0 Å². The molecule has 0 unspecified atom stereocenters. The third-order valence-electron chi connectivity index (χ3n) is 2.50. The van der Waals surface area contributed by atoms with E-state index in [1.807, 2.05) is 6.07 Å². The third-order valence-corrected chi connectivity index (χ3v) is 3.43. The molecule has 2 N–H and O–H groups in total. The fraction of sp³-hybridized carbons (Fsp3) is 0.417. The van der Waals surface area contributed by atoms with Gasteiger partial charge in [0, 0.05) is 18.2 Å². The average Bonchev–Trinajstić information content (AvgIpc) is 2.33. The average molecular weight is 312 g/mol. The van der Waals surface area contributed by atoms with Crippen LogP contribution in [0.5, 0.6) is 0 Å². The lowest BCUT2D eigenvalue weighted by atomic mass is 10.1. The second kappa shape index (κ2) is 6.07. The first-order valence-electron chi connectivity index (χ1n) is 5.95. The van der Waals surface area contributed by atoms with Gasteiger partial charge >= 0.3 is 0 Å². The molecule has 0 aromatic heterocycles. The Morgan fingerprint density at radius 1 is 1.43 bits per heavy atom. The van der Waals surface area contributed by atoms with Crippen molar-refractivity contribution in [1.29, 1.82) is 5.26 Å². The molecule has 0 saturated heterocycles. The van der Waals surface area contributed by atoms with Crippen LogP contribution in [0.4, 0.5) is 11.4 Å². The fourth-order valence-corrected chi connectivity index (χ4v) is 2.84. The molecule has 8 nitrogen and oxygen atoms in total. The van der Waals surface area contributed by atoms with Gasteiger partial charge in [0.25, 0.3) is 5.69 Å². The number of nitriles is 1. The summed E-state index contributed by atoms with van der Waals surface area (Å²) in [6.45, 7) is 3.40. The van der Waals surface area contributed by atoms with Gasteiger partial charge in [-0.2, -0.15) is 5.26 Å². The van der Waals surface area contributed by atoms with Gasteiger partial charge in [-0.1, -0.05) is 0 Å². The standard InChI is InChI=1S/C12H16N4O4S/c1-12(2,15-21(3,19)20)8-14-10-6-9(7-13)4-5-11(10)16(17)18/h4-6,14-15H,8H2,1-3H3. The Morgan fingerprint density at radius 2 is 2.05 bits per heavy atom. The monoisotopic (exact) mass is 312 g/mol. The van der Waals surface area contributed by atoms with E-state index in [0.717, 1.165) is 6.26 Å². The molecule has 1 aromatic rings. The number of nitrogens with zero attached hydrogens (tertiary/aromatic N) is 2. The summed E-state index contributed by atoms with van der Waals surface area (Å²) < 4.78 is 24.9. The summed E-state index contributed by atoms with van der Waals surface area (Å²) >= 11 is 0. The highest BCUT2D eigenvalue weighted by atomic mass is 32.2. The summed E-state index contributed by atoms with van der Waals surface area (Å²) in [6.07, 6.45) is 1.04. The van der Waals surface area contributed by atoms with Crippen molar-refractivity contribution in [3.05, 3.63) is 33.9 Å². The quantitative estimate of drug-likeness (QED) is 0.600. The molecule has 0 fully saturated rings. The number of nitrogens with one attached hydrogen (secondary N) is 2. The molecule has 0 spiro atoms. The predicted molar refractivity (Wildman–Crippen MR) is 78.4 cm³/mol.